The van der Waals surface area contributed by atoms with Crippen LogP contribution in [-0.2, 0) is 20.9 Å². The standard InChI is InChI=1S/C21H25F2N5O.C2HF3O2/c1-14(29)25-18-11-16-15(12-24-18)21(7-9-27(3)10-8-21)13-28(16)19-6-4-5-17(26-19)20(2,22)23;3-2(4,5)1(6)7/h4-6,11-12H,7-10,13H2,1-3H3,(H,24,25,29);(H,6,7). The molecule has 1 spiro atoms. The number of aliphatic carboxylic acids is 1. The predicted octanol–water partition coefficient (Wildman–Crippen LogP) is 4.30. The highest BCUT2D eigenvalue weighted by Gasteiger charge is 2.45. The van der Waals surface area contributed by atoms with Gasteiger partial charge in [-0.25, -0.2) is 14.8 Å². The molecule has 4 rings (SSSR count). The number of likely N-dealkylation sites (tertiary alicyclic amines) is 1. The summed E-state index contributed by atoms with van der Waals surface area (Å²) in [6, 6.07) is 6.54. The molecule has 4 heterocycles. The Morgan fingerprint density at radius 2 is 1.75 bits per heavy atom. The fraction of sp³-hybridized carbons (Fsp3) is 0.478. The number of pyridine rings is 2. The maximum absolute atomic E-state index is 13.9. The summed E-state index contributed by atoms with van der Waals surface area (Å²) in [5, 5.41) is 9.84. The average molecular weight is 515 g/mol. The summed E-state index contributed by atoms with van der Waals surface area (Å²) in [6.45, 7) is 4.86. The van der Waals surface area contributed by atoms with Crippen molar-refractivity contribution < 1.29 is 36.6 Å². The first-order valence-corrected chi connectivity index (χ1v) is 11.0. The molecule has 0 radical (unpaired) electrons. The molecule has 0 bridgehead atoms. The molecule has 0 aliphatic carbocycles. The van der Waals surface area contributed by atoms with Crippen LogP contribution in [0.1, 0.15) is 37.9 Å². The van der Waals surface area contributed by atoms with Crippen molar-refractivity contribution in [1.82, 2.24) is 14.9 Å². The van der Waals surface area contributed by atoms with Crippen molar-refractivity contribution in [3.05, 3.63) is 41.7 Å². The van der Waals surface area contributed by atoms with Gasteiger partial charge in [-0.3, -0.25) is 4.79 Å². The molecule has 196 valence electrons. The molecule has 2 aromatic rings. The Morgan fingerprint density at radius 3 is 2.28 bits per heavy atom. The van der Waals surface area contributed by atoms with Gasteiger partial charge < -0.3 is 20.2 Å². The SMILES string of the molecule is CC(=O)Nc1cc2c(cn1)C1(CCN(C)CC1)CN2c1cccc(C(C)(F)F)n1.O=C(O)C(F)(F)F. The number of nitrogens with one attached hydrogen (secondary N) is 1. The fourth-order valence-corrected chi connectivity index (χ4v) is 4.29. The summed E-state index contributed by atoms with van der Waals surface area (Å²) in [4.78, 5) is 33.4. The fourth-order valence-electron chi connectivity index (χ4n) is 4.29. The highest BCUT2D eigenvalue weighted by atomic mass is 19.4. The summed E-state index contributed by atoms with van der Waals surface area (Å²) < 4.78 is 59.5. The minimum Gasteiger partial charge on any atom is -0.475 e. The summed E-state index contributed by atoms with van der Waals surface area (Å²) in [6.07, 6.45) is -1.35. The van der Waals surface area contributed by atoms with Crippen molar-refractivity contribution in [3.8, 4) is 0 Å². The number of alkyl halides is 5. The van der Waals surface area contributed by atoms with Crippen LogP contribution in [0.4, 0.5) is 39.3 Å². The van der Waals surface area contributed by atoms with E-state index in [1.165, 1.54) is 13.0 Å². The van der Waals surface area contributed by atoms with E-state index in [4.69, 9.17) is 9.90 Å². The third-order valence-corrected chi connectivity index (χ3v) is 6.16. The van der Waals surface area contributed by atoms with Crippen LogP contribution < -0.4 is 10.2 Å². The number of carbonyl (C=O) groups is 2. The zero-order valence-corrected chi connectivity index (χ0v) is 19.9. The Bertz CT molecular complexity index is 1130. The zero-order valence-electron chi connectivity index (χ0n) is 19.9. The van der Waals surface area contributed by atoms with Gasteiger partial charge in [-0.2, -0.15) is 22.0 Å². The Hall–Kier alpha value is -3.35. The minimum absolute atomic E-state index is 0.101. The van der Waals surface area contributed by atoms with Crippen molar-refractivity contribution in [3.63, 3.8) is 0 Å². The van der Waals surface area contributed by atoms with E-state index in [1.807, 2.05) is 17.2 Å². The topological polar surface area (TPSA) is 98.7 Å². The van der Waals surface area contributed by atoms with Gasteiger partial charge >= 0.3 is 12.1 Å². The molecule has 1 saturated heterocycles. The second-order valence-electron chi connectivity index (χ2n) is 9.01. The van der Waals surface area contributed by atoms with Crippen LogP contribution in [0.2, 0.25) is 0 Å². The number of hydrogen-bond acceptors (Lipinski definition) is 6. The number of piperidine rings is 1. The zero-order chi connectivity index (χ0) is 26.9. The van der Waals surface area contributed by atoms with Crippen LogP contribution in [0, 0.1) is 0 Å². The second kappa shape index (κ2) is 9.96. The van der Waals surface area contributed by atoms with Gasteiger partial charge in [-0.15, -0.1) is 0 Å². The Labute approximate surface area is 204 Å². The molecule has 2 aliphatic rings. The van der Waals surface area contributed by atoms with Crippen molar-refractivity contribution in [2.24, 2.45) is 0 Å². The lowest BCUT2D eigenvalue weighted by Crippen LogP contribution is -2.43. The summed E-state index contributed by atoms with van der Waals surface area (Å²) in [5.74, 6) is -5.04. The van der Waals surface area contributed by atoms with Crippen LogP contribution in [0.15, 0.2) is 30.5 Å². The molecule has 0 unspecified atom stereocenters. The van der Waals surface area contributed by atoms with Crippen molar-refractivity contribution in [2.75, 3.05) is 36.9 Å². The van der Waals surface area contributed by atoms with E-state index in [-0.39, 0.29) is 17.0 Å². The number of aromatic nitrogens is 2. The lowest BCUT2D eigenvalue weighted by atomic mass is 9.75. The number of halogens is 5. The molecule has 0 aromatic carbocycles. The second-order valence-corrected chi connectivity index (χ2v) is 9.01. The lowest BCUT2D eigenvalue weighted by Gasteiger charge is -2.38. The number of rotatable bonds is 3. The van der Waals surface area contributed by atoms with Crippen molar-refractivity contribution in [2.45, 2.75) is 44.2 Å². The lowest BCUT2D eigenvalue weighted by molar-refractivity contribution is -0.192. The molecular formula is C23H26F5N5O3. The third-order valence-electron chi connectivity index (χ3n) is 6.16. The summed E-state index contributed by atoms with van der Waals surface area (Å²) in [7, 11) is 2.10. The Kier molecular flexibility index (Phi) is 7.53. The van der Waals surface area contributed by atoms with Crippen LogP contribution >= 0.6 is 0 Å². The number of hydrogen-bond donors (Lipinski definition) is 2. The van der Waals surface area contributed by atoms with Gasteiger partial charge in [0.2, 0.25) is 5.91 Å². The number of carboxylic acids is 1. The summed E-state index contributed by atoms with van der Waals surface area (Å²) in [5.41, 5.74) is 1.61. The molecule has 2 N–H and O–H groups in total. The van der Waals surface area contributed by atoms with Gasteiger partial charge in [0.05, 0.1) is 5.69 Å². The number of nitrogens with zero attached hydrogens (tertiary/aromatic N) is 4. The van der Waals surface area contributed by atoms with E-state index < -0.39 is 18.1 Å². The maximum atomic E-state index is 13.9. The quantitative estimate of drug-likeness (QED) is 0.589. The monoisotopic (exact) mass is 515 g/mol. The number of fused-ring (bicyclic) bond motifs is 2. The molecule has 0 atom stereocenters. The van der Waals surface area contributed by atoms with Gasteiger partial charge in [0, 0.05) is 43.6 Å². The number of amides is 1. The highest BCUT2D eigenvalue weighted by molar-refractivity contribution is 5.88. The largest absolute Gasteiger partial charge is 0.490 e. The van der Waals surface area contributed by atoms with E-state index in [2.05, 4.69) is 27.2 Å². The molecule has 1 fully saturated rings. The number of anilines is 3. The van der Waals surface area contributed by atoms with Crippen LogP contribution in [0.3, 0.4) is 0 Å². The molecule has 8 nitrogen and oxygen atoms in total. The average Bonchev–Trinajstić information content (AvgIpc) is 3.08. The molecule has 13 heteroatoms. The number of carboxylic acid groups (broad SMARTS) is 1. The predicted molar refractivity (Wildman–Crippen MR) is 121 cm³/mol. The Balaban J connectivity index is 0.000000454. The molecular weight excluding hydrogens is 489 g/mol. The first-order valence-electron chi connectivity index (χ1n) is 11.0. The molecule has 2 aromatic heterocycles. The van der Waals surface area contributed by atoms with Crippen LogP contribution in [0.5, 0.6) is 0 Å². The van der Waals surface area contributed by atoms with Gasteiger partial charge in [0.1, 0.15) is 17.3 Å². The molecule has 36 heavy (non-hydrogen) atoms. The van der Waals surface area contributed by atoms with E-state index in [0.717, 1.165) is 44.1 Å². The summed E-state index contributed by atoms with van der Waals surface area (Å²) >= 11 is 0. The highest BCUT2D eigenvalue weighted by Crippen LogP contribution is 2.49. The molecule has 2 aliphatic heterocycles. The van der Waals surface area contributed by atoms with E-state index in [0.29, 0.717) is 18.2 Å². The third kappa shape index (κ3) is 6.07. The first kappa shape index (κ1) is 27.2. The van der Waals surface area contributed by atoms with Gasteiger partial charge in [-0.1, -0.05) is 6.07 Å². The van der Waals surface area contributed by atoms with Gasteiger partial charge in [-0.05, 0) is 45.1 Å². The first-order chi connectivity index (χ1) is 16.6. The van der Waals surface area contributed by atoms with Crippen molar-refractivity contribution in [1.29, 1.82) is 0 Å². The minimum atomic E-state index is -5.08. The number of carbonyl (C=O) groups excluding carboxylic acids is 1. The maximum Gasteiger partial charge on any atom is 0.490 e. The van der Waals surface area contributed by atoms with Crippen molar-refractivity contribution >= 4 is 29.2 Å². The van der Waals surface area contributed by atoms with Crippen LogP contribution in [-0.4, -0.2) is 64.7 Å². The normalized spacial score (nSPS) is 17.3. The van der Waals surface area contributed by atoms with Gasteiger partial charge in [0.15, 0.2) is 0 Å². The molecule has 1 amide bonds. The van der Waals surface area contributed by atoms with Crippen LogP contribution in [0.25, 0.3) is 0 Å². The smallest absolute Gasteiger partial charge is 0.475 e. The van der Waals surface area contributed by atoms with Gasteiger partial charge in [0.25, 0.3) is 5.92 Å². The van der Waals surface area contributed by atoms with E-state index in [1.54, 1.807) is 12.1 Å². The van der Waals surface area contributed by atoms with E-state index >= 15 is 0 Å². The molecule has 0 saturated carbocycles. The Morgan fingerprint density at radius 1 is 1.14 bits per heavy atom. The van der Waals surface area contributed by atoms with E-state index in [9.17, 15) is 26.7 Å².